The van der Waals surface area contributed by atoms with Crippen molar-refractivity contribution < 1.29 is 4.79 Å². The Bertz CT molecular complexity index is 639. The first kappa shape index (κ1) is 16.0. The van der Waals surface area contributed by atoms with Crippen LogP contribution in [0.5, 0.6) is 0 Å². The summed E-state index contributed by atoms with van der Waals surface area (Å²) in [4.78, 5) is 14.2. The predicted octanol–water partition coefficient (Wildman–Crippen LogP) is 2.88. The van der Waals surface area contributed by atoms with Gasteiger partial charge in [-0.2, -0.15) is 0 Å². The second-order valence-electron chi connectivity index (χ2n) is 4.98. The third-order valence-corrected chi connectivity index (χ3v) is 4.83. The monoisotopic (exact) mass is 322 g/mol. The zero-order valence-corrected chi connectivity index (χ0v) is 13.6. The number of amides is 1. The molecular formula is C16H19ClN2OS. The molecule has 0 fully saturated rings. The van der Waals surface area contributed by atoms with Gasteiger partial charge in [-0.3, -0.25) is 4.79 Å². The van der Waals surface area contributed by atoms with Gasteiger partial charge in [0.1, 0.15) is 0 Å². The van der Waals surface area contributed by atoms with Gasteiger partial charge < -0.3 is 10.6 Å². The summed E-state index contributed by atoms with van der Waals surface area (Å²) < 4.78 is 0. The third-order valence-electron chi connectivity index (χ3n) is 3.62. The minimum atomic E-state index is 0. The summed E-state index contributed by atoms with van der Waals surface area (Å²) in [5, 5.41) is 5.97. The minimum Gasteiger partial charge on any atom is -0.350 e. The first-order valence-corrected chi connectivity index (χ1v) is 7.75. The van der Waals surface area contributed by atoms with E-state index in [9.17, 15) is 4.79 Å². The van der Waals surface area contributed by atoms with Crippen molar-refractivity contribution in [3.63, 3.8) is 0 Å². The van der Waals surface area contributed by atoms with Crippen LogP contribution in [0, 0.1) is 0 Å². The molecule has 0 saturated carbocycles. The van der Waals surface area contributed by atoms with Crippen LogP contribution in [0.1, 0.15) is 20.8 Å². The van der Waals surface area contributed by atoms with Crippen LogP contribution < -0.4 is 10.6 Å². The lowest BCUT2D eigenvalue weighted by Gasteiger charge is -2.15. The number of thiophene rings is 1. The highest BCUT2D eigenvalue weighted by Crippen LogP contribution is 2.39. The van der Waals surface area contributed by atoms with Gasteiger partial charge in [0.15, 0.2) is 0 Å². The molecule has 1 aromatic heterocycles. The lowest BCUT2D eigenvalue weighted by Crippen LogP contribution is -2.29. The Labute approximate surface area is 135 Å². The van der Waals surface area contributed by atoms with Crippen molar-refractivity contribution in [3.8, 4) is 10.4 Å². The van der Waals surface area contributed by atoms with E-state index < -0.39 is 0 Å². The molecule has 0 aliphatic heterocycles. The number of fused-ring (bicyclic) bond motifs is 3. The molecule has 0 unspecified atom stereocenters. The number of hydrogen-bond donors (Lipinski definition) is 2. The Kier molecular flexibility index (Phi) is 5.39. The van der Waals surface area contributed by atoms with Gasteiger partial charge in [0.2, 0.25) is 0 Å². The van der Waals surface area contributed by atoms with Crippen LogP contribution in [0.15, 0.2) is 30.3 Å². The number of nitrogens with one attached hydrogen (secondary N) is 2. The standard InChI is InChI=1S/C16H18N2OS.ClH/c1-17-8-9-18-16(19)14-10-12-7-6-11-4-2-3-5-13(11)15(12)20-14;/h2-5,10,17H,6-9H2,1H3,(H,18,19);1H. The molecule has 0 atom stereocenters. The summed E-state index contributed by atoms with van der Waals surface area (Å²) in [6, 6.07) is 10.6. The number of carbonyl (C=O) groups is 1. The smallest absolute Gasteiger partial charge is 0.261 e. The summed E-state index contributed by atoms with van der Waals surface area (Å²) in [5.74, 6) is 0.0390. The fourth-order valence-electron chi connectivity index (χ4n) is 2.57. The maximum atomic E-state index is 12.1. The van der Waals surface area contributed by atoms with Crippen LogP contribution in [-0.2, 0) is 12.8 Å². The van der Waals surface area contributed by atoms with Crippen molar-refractivity contribution in [2.75, 3.05) is 20.1 Å². The van der Waals surface area contributed by atoms with E-state index in [1.807, 2.05) is 7.05 Å². The van der Waals surface area contributed by atoms with E-state index in [0.29, 0.717) is 6.54 Å². The van der Waals surface area contributed by atoms with Crippen LogP contribution in [0.3, 0.4) is 0 Å². The van der Waals surface area contributed by atoms with Crippen molar-refractivity contribution in [2.24, 2.45) is 0 Å². The summed E-state index contributed by atoms with van der Waals surface area (Å²) in [5.41, 5.74) is 4.00. The average Bonchev–Trinajstić information content (AvgIpc) is 2.92. The molecule has 0 radical (unpaired) electrons. The lowest BCUT2D eigenvalue weighted by atomic mass is 9.91. The SMILES string of the molecule is CNCCNC(=O)c1cc2c(s1)-c1ccccc1CC2.Cl. The fraction of sp³-hybridized carbons (Fsp3) is 0.312. The van der Waals surface area contributed by atoms with Crippen LogP contribution in [0.25, 0.3) is 10.4 Å². The second kappa shape index (κ2) is 7.07. The zero-order valence-electron chi connectivity index (χ0n) is 11.9. The predicted molar refractivity (Wildman–Crippen MR) is 90.7 cm³/mol. The van der Waals surface area contributed by atoms with E-state index >= 15 is 0 Å². The maximum absolute atomic E-state index is 12.1. The summed E-state index contributed by atoms with van der Waals surface area (Å²) in [6.07, 6.45) is 2.10. The van der Waals surface area contributed by atoms with Gasteiger partial charge in [-0.15, -0.1) is 23.7 Å². The van der Waals surface area contributed by atoms with Crippen molar-refractivity contribution in [1.82, 2.24) is 10.6 Å². The molecule has 5 heteroatoms. The summed E-state index contributed by atoms with van der Waals surface area (Å²) >= 11 is 1.61. The van der Waals surface area contributed by atoms with Crippen molar-refractivity contribution in [1.29, 1.82) is 0 Å². The van der Waals surface area contributed by atoms with Gasteiger partial charge in [-0.05, 0) is 42.6 Å². The maximum Gasteiger partial charge on any atom is 0.261 e. The van der Waals surface area contributed by atoms with Crippen LogP contribution in [-0.4, -0.2) is 26.0 Å². The quantitative estimate of drug-likeness (QED) is 0.850. The van der Waals surface area contributed by atoms with Crippen molar-refractivity contribution >= 4 is 29.7 Å². The van der Waals surface area contributed by atoms with Gasteiger partial charge in [0.25, 0.3) is 5.91 Å². The largest absolute Gasteiger partial charge is 0.350 e. The number of benzene rings is 1. The van der Waals surface area contributed by atoms with E-state index in [-0.39, 0.29) is 18.3 Å². The molecular weight excluding hydrogens is 304 g/mol. The number of aryl methyl sites for hydroxylation is 2. The van der Waals surface area contributed by atoms with Crippen molar-refractivity contribution in [3.05, 3.63) is 46.3 Å². The fourth-order valence-corrected chi connectivity index (χ4v) is 3.76. The molecule has 1 aliphatic carbocycles. The Hall–Kier alpha value is -1.36. The molecule has 21 heavy (non-hydrogen) atoms. The zero-order chi connectivity index (χ0) is 13.9. The highest BCUT2D eigenvalue weighted by Gasteiger charge is 2.20. The van der Waals surface area contributed by atoms with E-state index in [4.69, 9.17) is 0 Å². The Morgan fingerprint density at radius 1 is 1.19 bits per heavy atom. The second-order valence-corrected chi connectivity index (χ2v) is 6.03. The Morgan fingerprint density at radius 3 is 2.76 bits per heavy atom. The highest BCUT2D eigenvalue weighted by atomic mass is 35.5. The molecule has 0 saturated heterocycles. The topological polar surface area (TPSA) is 41.1 Å². The Balaban J connectivity index is 0.00000161. The molecule has 1 amide bonds. The van der Waals surface area contributed by atoms with Crippen LogP contribution >= 0.6 is 23.7 Å². The van der Waals surface area contributed by atoms with Crippen LogP contribution in [0.4, 0.5) is 0 Å². The highest BCUT2D eigenvalue weighted by molar-refractivity contribution is 7.17. The van der Waals surface area contributed by atoms with Gasteiger partial charge in [-0.25, -0.2) is 0 Å². The first-order chi connectivity index (χ1) is 9.79. The minimum absolute atomic E-state index is 0. The molecule has 0 bridgehead atoms. The average molecular weight is 323 g/mol. The van der Waals surface area contributed by atoms with Gasteiger partial charge in [0.05, 0.1) is 4.88 Å². The van der Waals surface area contributed by atoms with Crippen LogP contribution in [0.2, 0.25) is 0 Å². The number of carbonyl (C=O) groups excluding carboxylic acids is 1. The Morgan fingerprint density at radius 2 is 1.95 bits per heavy atom. The number of likely N-dealkylation sites (N-methyl/N-ethyl adjacent to an activating group) is 1. The molecule has 0 spiro atoms. The molecule has 2 aromatic rings. The normalized spacial score (nSPS) is 12.0. The molecule has 2 N–H and O–H groups in total. The molecule has 112 valence electrons. The van der Waals surface area contributed by atoms with E-state index in [1.165, 1.54) is 21.6 Å². The number of halogens is 1. The summed E-state index contributed by atoms with van der Waals surface area (Å²) in [6.45, 7) is 1.45. The lowest BCUT2D eigenvalue weighted by molar-refractivity contribution is 0.0958. The number of hydrogen-bond acceptors (Lipinski definition) is 3. The van der Waals surface area contributed by atoms with Gasteiger partial charge in [-0.1, -0.05) is 24.3 Å². The van der Waals surface area contributed by atoms with Crippen molar-refractivity contribution in [2.45, 2.75) is 12.8 Å². The molecule has 1 aromatic carbocycles. The number of rotatable bonds is 4. The van der Waals surface area contributed by atoms with E-state index in [2.05, 4.69) is 41.0 Å². The summed E-state index contributed by atoms with van der Waals surface area (Å²) in [7, 11) is 1.88. The van der Waals surface area contributed by atoms with Gasteiger partial charge >= 0.3 is 0 Å². The van der Waals surface area contributed by atoms with E-state index in [1.54, 1.807) is 11.3 Å². The molecule has 1 heterocycles. The third kappa shape index (κ3) is 3.28. The molecule has 3 nitrogen and oxygen atoms in total. The van der Waals surface area contributed by atoms with E-state index in [0.717, 1.165) is 24.3 Å². The molecule has 1 aliphatic rings. The molecule has 3 rings (SSSR count). The van der Waals surface area contributed by atoms with Gasteiger partial charge in [0, 0.05) is 18.0 Å². The first-order valence-electron chi connectivity index (χ1n) is 6.93.